The zero-order valence-corrected chi connectivity index (χ0v) is 15.2. The van der Waals surface area contributed by atoms with Gasteiger partial charge < -0.3 is 25.3 Å². The number of likely N-dealkylation sites (N-methyl/N-ethyl adjacent to an activating group) is 1. The lowest BCUT2D eigenvalue weighted by atomic mass is 10.1. The number of ether oxygens (including phenoxy) is 3. The summed E-state index contributed by atoms with van der Waals surface area (Å²) < 4.78 is 19.5. The lowest BCUT2D eigenvalue weighted by Crippen LogP contribution is -2.42. The highest BCUT2D eigenvalue weighted by Crippen LogP contribution is 2.43. The van der Waals surface area contributed by atoms with E-state index in [-0.39, 0.29) is 17.0 Å². The van der Waals surface area contributed by atoms with Gasteiger partial charge in [0.1, 0.15) is 17.7 Å². The number of amides is 1. The monoisotopic (exact) mass is 382 g/mol. The summed E-state index contributed by atoms with van der Waals surface area (Å²) >= 11 is 5.93. The number of nitrogens with zero attached hydrogens (tertiary/aromatic N) is 4. The first-order valence-corrected chi connectivity index (χ1v) is 8.63. The molecule has 3 N–H and O–H groups in total. The summed E-state index contributed by atoms with van der Waals surface area (Å²) in [7, 11) is 0. The first kappa shape index (κ1) is 17.4. The van der Waals surface area contributed by atoms with Gasteiger partial charge in [0.25, 0.3) is 5.91 Å². The van der Waals surface area contributed by atoms with E-state index in [4.69, 9.17) is 31.5 Å². The van der Waals surface area contributed by atoms with E-state index in [1.165, 1.54) is 6.33 Å². The molecule has 1 amide bonds. The lowest BCUT2D eigenvalue weighted by molar-refractivity contribution is -0.197. The molecule has 0 aromatic carbocycles. The van der Waals surface area contributed by atoms with Gasteiger partial charge in [-0.05, 0) is 32.4 Å². The maximum Gasteiger partial charge on any atom is 0.252 e. The Morgan fingerprint density at radius 2 is 2.12 bits per heavy atom. The van der Waals surface area contributed by atoms with Gasteiger partial charge >= 0.3 is 0 Å². The van der Waals surface area contributed by atoms with Crippen LogP contribution in [0.2, 0.25) is 5.28 Å². The molecule has 0 bridgehead atoms. The van der Waals surface area contributed by atoms with Crippen molar-refractivity contribution in [3.63, 3.8) is 0 Å². The van der Waals surface area contributed by atoms with Crippen molar-refractivity contribution in [2.75, 3.05) is 12.3 Å². The molecule has 11 heteroatoms. The van der Waals surface area contributed by atoms with Crippen LogP contribution < -0.4 is 11.1 Å². The zero-order chi connectivity index (χ0) is 18.6. The van der Waals surface area contributed by atoms with Crippen LogP contribution in [0.25, 0.3) is 11.2 Å². The maximum absolute atomic E-state index is 12.4. The number of hydrogen-bond donors (Lipinski definition) is 2. The SMILES string of the molecule is CCNC(=O)[C@H]1O[C@H](n2cnc3c(N)nc(Cl)nc32)[C@@H]2OC(C)(C)O[C@H]21. The fourth-order valence-electron chi connectivity index (χ4n) is 3.38. The molecule has 0 spiro atoms. The van der Waals surface area contributed by atoms with Crippen LogP contribution >= 0.6 is 11.6 Å². The minimum absolute atomic E-state index is 0.00417. The number of nitrogens with two attached hydrogens (primary N) is 1. The molecule has 4 rings (SSSR count). The molecule has 26 heavy (non-hydrogen) atoms. The summed E-state index contributed by atoms with van der Waals surface area (Å²) in [6.07, 6.45) is -1.06. The molecule has 2 aliphatic heterocycles. The third kappa shape index (κ3) is 2.69. The van der Waals surface area contributed by atoms with Crippen LogP contribution in [0.4, 0.5) is 5.82 Å². The molecule has 4 heterocycles. The molecule has 2 saturated heterocycles. The first-order valence-electron chi connectivity index (χ1n) is 8.25. The molecule has 2 fully saturated rings. The summed E-state index contributed by atoms with van der Waals surface area (Å²) in [5.74, 6) is -0.940. The highest BCUT2D eigenvalue weighted by Gasteiger charge is 2.58. The van der Waals surface area contributed by atoms with E-state index < -0.39 is 30.3 Å². The van der Waals surface area contributed by atoms with E-state index in [9.17, 15) is 4.79 Å². The standard InChI is InChI=1S/C15H19ClN6O4/c1-4-18-12(23)8-7-9(26-15(2,3)25-7)13(24-8)22-5-19-6-10(17)20-14(16)21-11(6)22/h5,7-9,13H,4H2,1-3H3,(H,18,23)(H2,17,20,21)/t7-,8-,9+,13-/m0/s1. The van der Waals surface area contributed by atoms with Crippen LogP contribution in [0.5, 0.6) is 0 Å². The molecular formula is C15H19ClN6O4. The highest BCUT2D eigenvalue weighted by atomic mass is 35.5. The number of halogens is 1. The van der Waals surface area contributed by atoms with Crippen LogP contribution in [0, 0.1) is 0 Å². The Kier molecular flexibility index (Phi) is 4.03. The molecule has 2 aromatic rings. The average molecular weight is 383 g/mol. The van der Waals surface area contributed by atoms with Crippen LogP contribution in [-0.2, 0) is 19.0 Å². The Balaban J connectivity index is 1.76. The van der Waals surface area contributed by atoms with Gasteiger partial charge in [-0.15, -0.1) is 0 Å². The predicted octanol–water partition coefficient (Wildman–Crippen LogP) is 0.615. The topological polar surface area (TPSA) is 126 Å². The van der Waals surface area contributed by atoms with E-state index in [1.54, 1.807) is 18.4 Å². The summed E-state index contributed by atoms with van der Waals surface area (Å²) in [5, 5.41) is 2.75. The summed E-state index contributed by atoms with van der Waals surface area (Å²) in [6.45, 7) is 5.90. The Bertz CT molecular complexity index is 871. The van der Waals surface area contributed by atoms with Gasteiger partial charge in [0.05, 0.1) is 6.33 Å². The fraction of sp³-hybridized carbons (Fsp3) is 0.600. The number of fused-ring (bicyclic) bond motifs is 2. The number of nitrogens with one attached hydrogen (secondary N) is 1. The fourth-order valence-corrected chi connectivity index (χ4v) is 3.55. The molecule has 10 nitrogen and oxygen atoms in total. The quantitative estimate of drug-likeness (QED) is 0.739. The Hall–Kier alpha value is -2.01. The summed E-state index contributed by atoms with van der Waals surface area (Å²) in [4.78, 5) is 24.8. The minimum Gasteiger partial charge on any atom is -0.382 e. The van der Waals surface area contributed by atoms with Crippen molar-refractivity contribution >= 4 is 34.5 Å². The Morgan fingerprint density at radius 1 is 1.38 bits per heavy atom. The molecule has 0 saturated carbocycles. The van der Waals surface area contributed by atoms with Crippen molar-refractivity contribution in [3.8, 4) is 0 Å². The minimum atomic E-state index is -0.843. The van der Waals surface area contributed by atoms with Crippen molar-refractivity contribution in [1.29, 1.82) is 0 Å². The average Bonchev–Trinajstić information content (AvgIpc) is 3.18. The van der Waals surface area contributed by atoms with Crippen LogP contribution in [0.1, 0.15) is 27.0 Å². The molecule has 0 aliphatic carbocycles. The third-order valence-electron chi connectivity index (χ3n) is 4.33. The number of aromatic nitrogens is 4. The van der Waals surface area contributed by atoms with E-state index in [1.807, 2.05) is 6.92 Å². The molecule has 140 valence electrons. The van der Waals surface area contributed by atoms with E-state index in [0.29, 0.717) is 17.7 Å². The lowest BCUT2D eigenvalue weighted by Gasteiger charge is -2.24. The van der Waals surface area contributed by atoms with Crippen LogP contribution in [0.3, 0.4) is 0 Å². The molecule has 2 aromatic heterocycles. The number of hydrogen-bond acceptors (Lipinski definition) is 8. The van der Waals surface area contributed by atoms with Gasteiger partial charge in [-0.1, -0.05) is 0 Å². The van der Waals surface area contributed by atoms with Crippen molar-refractivity contribution in [3.05, 3.63) is 11.6 Å². The van der Waals surface area contributed by atoms with E-state index in [2.05, 4.69) is 20.3 Å². The van der Waals surface area contributed by atoms with Gasteiger partial charge in [-0.2, -0.15) is 9.97 Å². The Morgan fingerprint density at radius 3 is 2.85 bits per heavy atom. The third-order valence-corrected chi connectivity index (χ3v) is 4.50. The van der Waals surface area contributed by atoms with Gasteiger partial charge in [0, 0.05) is 6.54 Å². The number of anilines is 1. The van der Waals surface area contributed by atoms with Crippen LogP contribution in [-0.4, -0.2) is 56.1 Å². The van der Waals surface area contributed by atoms with Crippen molar-refractivity contribution in [2.24, 2.45) is 0 Å². The number of carbonyl (C=O) groups excluding carboxylic acids is 1. The van der Waals surface area contributed by atoms with Crippen LogP contribution in [0.15, 0.2) is 6.33 Å². The largest absolute Gasteiger partial charge is 0.382 e. The number of nitrogen functional groups attached to an aromatic ring is 1. The van der Waals surface area contributed by atoms with Gasteiger partial charge in [0.2, 0.25) is 5.28 Å². The highest BCUT2D eigenvalue weighted by molar-refractivity contribution is 6.28. The number of carbonyl (C=O) groups is 1. The molecule has 0 unspecified atom stereocenters. The second-order valence-electron chi connectivity index (χ2n) is 6.61. The van der Waals surface area contributed by atoms with Gasteiger partial charge in [-0.3, -0.25) is 9.36 Å². The molecule has 2 aliphatic rings. The van der Waals surface area contributed by atoms with E-state index in [0.717, 1.165) is 0 Å². The molecule has 0 radical (unpaired) electrons. The van der Waals surface area contributed by atoms with Crippen molar-refractivity contribution < 1.29 is 19.0 Å². The number of rotatable bonds is 3. The predicted molar refractivity (Wildman–Crippen MR) is 91.2 cm³/mol. The normalized spacial score (nSPS) is 29.8. The van der Waals surface area contributed by atoms with E-state index >= 15 is 0 Å². The number of imidazole rings is 1. The maximum atomic E-state index is 12.4. The van der Waals surface area contributed by atoms with Gasteiger partial charge in [-0.25, -0.2) is 4.98 Å². The summed E-state index contributed by atoms with van der Waals surface area (Å²) in [6, 6.07) is 0. The zero-order valence-electron chi connectivity index (χ0n) is 14.5. The van der Waals surface area contributed by atoms with Crippen molar-refractivity contribution in [1.82, 2.24) is 24.8 Å². The second-order valence-corrected chi connectivity index (χ2v) is 6.95. The summed E-state index contributed by atoms with van der Waals surface area (Å²) in [5.41, 5.74) is 6.66. The first-order chi connectivity index (χ1) is 12.3. The smallest absolute Gasteiger partial charge is 0.252 e. The molecule has 4 atom stereocenters. The Labute approximate surface area is 154 Å². The van der Waals surface area contributed by atoms with Crippen molar-refractivity contribution in [2.45, 2.75) is 51.1 Å². The molecular weight excluding hydrogens is 364 g/mol. The second kappa shape index (κ2) is 6.02. The van der Waals surface area contributed by atoms with Gasteiger partial charge in [0.15, 0.2) is 29.6 Å².